The summed E-state index contributed by atoms with van der Waals surface area (Å²) in [4.78, 5) is 34.0. The van der Waals surface area contributed by atoms with Gasteiger partial charge in [0.25, 0.3) is 5.91 Å². The van der Waals surface area contributed by atoms with Gasteiger partial charge in [-0.15, -0.1) is 0 Å². The molecule has 0 unspecified atom stereocenters. The highest BCUT2D eigenvalue weighted by Gasteiger charge is 2.14. The first-order valence-corrected chi connectivity index (χ1v) is 7.95. The van der Waals surface area contributed by atoms with Crippen molar-refractivity contribution in [3.8, 4) is 0 Å². The number of morpholine rings is 1. The summed E-state index contributed by atoms with van der Waals surface area (Å²) in [6, 6.07) is 6.90. The molecule has 0 radical (unpaired) electrons. The Morgan fingerprint density at radius 2 is 1.80 bits per heavy atom. The topological polar surface area (TPSA) is 96.5 Å². The van der Waals surface area contributed by atoms with Gasteiger partial charge in [-0.05, 0) is 18.2 Å². The molecule has 3 rings (SSSR count). The third kappa shape index (κ3) is 4.51. The highest BCUT2D eigenvalue weighted by Crippen LogP contribution is 2.16. The van der Waals surface area contributed by atoms with Gasteiger partial charge in [0.2, 0.25) is 5.91 Å². The molecule has 1 saturated heterocycles. The van der Waals surface area contributed by atoms with Gasteiger partial charge in [0.15, 0.2) is 0 Å². The highest BCUT2D eigenvalue weighted by molar-refractivity contribution is 6.03. The molecule has 2 heterocycles. The molecule has 0 aliphatic carbocycles. The van der Waals surface area contributed by atoms with E-state index in [9.17, 15) is 9.59 Å². The Hall–Kier alpha value is -3.00. The molecule has 8 heteroatoms. The van der Waals surface area contributed by atoms with Crippen LogP contribution < -0.4 is 15.5 Å². The number of rotatable bonds is 4. The van der Waals surface area contributed by atoms with E-state index in [-0.39, 0.29) is 17.5 Å². The Morgan fingerprint density at radius 1 is 1.08 bits per heavy atom. The van der Waals surface area contributed by atoms with Gasteiger partial charge in [-0.2, -0.15) is 0 Å². The number of nitrogens with one attached hydrogen (secondary N) is 2. The van der Waals surface area contributed by atoms with Crippen molar-refractivity contribution in [2.75, 3.05) is 41.8 Å². The van der Waals surface area contributed by atoms with E-state index in [0.29, 0.717) is 24.6 Å². The number of ether oxygens (including phenoxy) is 1. The summed E-state index contributed by atoms with van der Waals surface area (Å²) in [5, 5.41) is 5.41. The van der Waals surface area contributed by atoms with Crippen LogP contribution in [0.5, 0.6) is 0 Å². The quantitative estimate of drug-likeness (QED) is 0.875. The summed E-state index contributed by atoms with van der Waals surface area (Å²) < 4.78 is 5.30. The number of anilines is 3. The summed E-state index contributed by atoms with van der Waals surface area (Å²) >= 11 is 0. The molecule has 2 N–H and O–H groups in total. The fourth-order valence-corrected chi connectivity index (χ4v) is 2.47. The van der Waals surface area contributed by atoms with Gasteiger partial charge >= 0.3 is 0 Å². The number of aromatic nitrogens is 2. The molecule has 0 atom stereocenters. The van der Waals surface area contributed by atoms with Crippen molar-refractivity contribution < 1.29 is 14.3 Å². The molecule has 1 fully saturated rings. The third-order valence-electron chi connectivity index (χ3n) is 3.65. The Balaban J connectivity index is 1.65. The van der Waals surface area contributed by atoms with E-state index in [1.54, 1.807) is 30.5 Å². The molecule has 2 aromatic rings. The molecule has 1 aliphatic rings. The second kappa shape index (κ2) is 7.71. The standard InChI is InChI=1S/C17H19N5O3/c1-12(23)20-13-3-2-4-14(9-13)21-17(24)15-10-19-16(11-18-15)22-5-7-25-8-6-22/h2-4,9-11H,5-8H2,1H3,(H,20,23)(H,21,24). The van der Waals surface area contributed by atoms with Crippen LogP contribution in [0.1, 0.15) is 17.4 Å². The van der Waals surface area contributed by atoms with E-state index in [0.717, 1.165) is 18.9 Å². The highest BCUT2D eigenvalue weighted by atomic mass is 16.5. The number of hydrogen-bond acceptors (Lipinski definition) is 6. The van der Waals surface area contributed by atoms with Crippen molar-refractivity contribution >= 4 is 29.0 Å². The van der Waals surface area contributed by atoms with Gasteiger partial charge in [-0.25, -0.2) is 9.97 Å². The van der Waals surface area contributed by atoms with Crippen LogP contribution in [0.3, 0.4) is 0 Å². The lowest BCUT2D eigenvalue weighted by Crippen LogP contribution is -2.36. The Morgan fingerprint density at radius 3 is 2.44 bits per heavy atom. The van der Waals surface area contributed by atoms with Gasteiger partial charge in [-0.3, -0.25) is 9.59 Å². The van der Waals surface area contributed by atoms with E-state index in [1.165, 1.54) is 13.1 Å². The third-order valence-corrected chi connectivity index (χ3v) is 3.65. The maximum Gasteiger partial charge on any atom is 0.275 e. The van der Waals surface area contributed by atoms with E-state index >= 15 is 0 Å². The molecule has 1 aromatic carbocycles. The minimum Gasteiger partial charge on any atom is -0.378 e. The van der Waals surface area contributed by atoms with E-state index in [2.05, 4.69) is 25.5 Å². The maximum atomic E-state index is 12.3. The SMILES string of the molecule is CC(=O)Nc1cccc(NC(=O)c2cnc(N3CCOCC3)cn2)c1. The Kier molecular flexibility index (Phi) is 5.20. The summed E-state index contributed by atoms with van der Waals surface area (Å²) in [6.07, 6.45) is 3.05. The average molecular weight is 341 g/mol. The van der Waals surface area contributed by atoms with Gasteiger partial charge in [0.05, 0.1) is 25.6 Å². The Labute approximate surface area is 145 Å². The number of hydrogen-bond donors (Lipinski definition) is 2. The molecule has 8 nitrogen and oxygen atoms in total. The van der Waals surface area contributed by atoms with Crippen LogP contribution in [0.2, 0.25) is 0 Å². The summed E-state index contributed by atoms with van der Waals surface area (Å²) in [5.41, 5.74) is 1.40. The molecule has 0 saturated carbocycles. The number of carbonyl (C=O) groups excluding carboxylic acids is 2. The monoisotopic (exact) mass is 341 g/mol. The number of carbonyl (C=O) groups is 2. The maximum absolute atomic E-state index is 12.3. The summed E-state index contributed by atoms with van der Waals surface area (Å²) in [5.74, 6) is 0.196. The fourth-order valence-electron chi connectivity index (χ4n) is 2.47. The van der Waals surface area contributed by atoms with E-state index in [1.807, 2.05) is 0 Å². The first-order chi connectivity index (χ1) is 12.1. The van der Waals surface area contributed by atoms with Crippen molar-refractivity contribution in [3.05, 3.63) is 42.4 Å². The molecular formula is C17H19N5O3. The minimum absolute atomic E-state index is 0.173. The number of nitrogens with zero attached hydrogens (tertiary/aromatic N) is 3. The zero-order valence-corrected chi connectivity index (χ0v) is 13.9. The predicted molar refractivity (Wildman–Crippen MR) is 93.8 cm³/mol. The van der Waals surface area contributed by atoms with Crippen LogP contribution in [0.15, 0.2) is 36.7 Å². The van der Waals surface area contributed by atoms with Crippen molar-refractivity contribution in [1.29, 1.82) is 0 Å². The van der Waals surface area contributed by atoms with Crippen LogP contribution in [-0.4, -0.2) is 48.1 Å². The number of amides is 2. The van der Waals surface area contributed by atoms with Crippen LogP contribution in [0.25, 0.3) is 0 Å². The zero-order chi connectivity index (χ0) is 17.6. The second-order valence-corrected chi connectivity index (χ2v) is 5.58. The van der Waals surface area contributed by atoms with Gasteiger partial charge in [-0.1, -0.05) is 6.07 Å². The average Bonchev–Trinajstić information content (AvgIpc) is 2.62. The van der Waals surface area contributed by atoms with Crippen molar-refractivity contribution in [1.82, 2.24) is 9.97 Å². The lowest BCUT2D eigenvalue weighted by molar-refractivity contribution is -0.114. The lowest BCUT2D eigenvalue weighted by Gasteiger charge is -2.27. The van der Waals surface area contributed by atoms with Crippen LogP contribution in [0, 0.1) is 0 Å². The van der Waals surface area contributed by atoms with Gasteiger partial charge in [0, 0.05) is 31.4 Å². The first kappa shape index (κ1) is 16.8. The summed E-state index contributed by atoms with van der Waals surface area (Å²) in [6.45, 7) is 4.27. The van der Waals surface area contributed by atoms with E-state index in [4.69, 9.17) is 4.74 Å². The first-order valence-electron chi connectivity index (χ1n) is 7.95. The molecule has 2 amide bonds. The normalized spacial score (nSPS) is 14.0. The summed E-state index contributed by atoms with van der Waals surface area (Å²) in [7, 11) is 0. The smallest absolute Gasteiger partial charge is 0.275 e. The Bertz CT molecular complexity index is 757. The van der Waals surface area contributed by atoms with Crippen molar-refractivity contribution in [3.63, 3.8) is 0 Å². The minimum atomic E-state index is -0.360. The van der Waals surface area contributed by atoms with Gasteiger partial charge in [0.1, 0.15) is 11.5 Å². The fraction of sp³-hybridized carbons (Fsp3) is 0.294. The number of benzene rings is 1. The molecule has 1 aliphatic heterocycles. The molecule has 0 spiro atoms. The molecule has 1 aromatic heterocycles. The molecule has 25 heavy (non-hydrogen) atoms. The lowest BCUT2D eigenvalue weighted by atomic mass is 10.2. The molecule has 130 valence electrons. The van der Waals surface area contributed by atoms with Gasteiger partial charge < -0.3 is 20.3 Å². The zero-order valence-electron chi connectivity index (χ0n) is 13.9. The van der Waals surface area contributed by atoms with Crippen molar-refractivity contribution in [2.45, 2.75) is 6.92 Å². The largest absolute Gasteiger partial charge is 0.378 e. The molecular weight excluding hydrogens is 322 g/mol. The van der Waals surface area contributed by atoms with E-state index < -0.39 is 0 Å². The van der Waals surface area contributed by atoms with Crippen LogP contribution >= 0.6 is 0 Å². The second-order valence-electron chi connectivity index (χ2n) is 5.58. The van der Waals surface area contributed by atoms with Crippen LogP contribution in [0.4, 0.5) is 17.2 Å². The molecule has 0 bridgehead atoms. The van der Waals surface area contributed by atoms with Crippen LogP contribution in [-0.2, 0) is 9.53 Å². The van der Waals surface area contributed by atoms with Crippen molar-refractivity contribution in [2.24, 2.45) is 0 Å². The predicted octanol–water partition coefficient (Wildman–Crippen LogP) is 1.52.